The van der Waals surface area contributed by atoms with E-state index in [9.17, 15) is 39.0 Å². The van der Waals surface area contributed by atoms with E-state index in [1.165, 1.54) is 10.6 Å². The van der Waals surface area contributed by atoms with Crippen LogP contribution in [0.25, 0.3) is 17.1 Å². The average Bonchev–Trinajstić information content (AvgIpc) is 4.03. The van der Waals surface area contributed by atoms with Gasteiger partial charge in [-0.1, -0.05) is 114 Å². The van der Waals surface area contributed by atoms with E-state index < -0.39 is 35.2 Å². The number of piperidine rings is 1. The van der Waals surface area contributed by atoms with Crippen LogP contribution in [0.5, 0.6) is 11.5 Å². The number of phenols is 2. The maximum Gasteiger partial charge on any atom is 0.348 e. The minimum atomic E-state index is -0.929. The van der Waals surface area contributed by atoms with Gasteiger partial charge in [0, 0.05) is 43.2 Å². The summed E-state index contributed by atoms with van der Waals surface area (Å²) in [4.78, 5) is 86.4. The van der Waals surface area contributed by atoms with Crippen LogP contribution in [-0.2, 0) is 48.1 Å². The third kappa shape index (κ3) is 15.0. The monoisotopic (exact) mass is 1020 g/mol. The van der Waals surface area contributed by atoms with Crippen molar-refractivity contribution in [3.63, 3.8) is 0 Å². The molecule has 2 aliphatic heterocycles. The molecule has 400 valence electrons. The molecule has 2 aliphatic rings. The molecule has 7 rings (SSSR count). The summed E-state index contributed by atoms with van der Waals surface area (Å²) >= 11 is 0. The van der Waals surface area contributed by atoms with Gasteiger partial charge in [-0.25, -0.2) is 14.5 Å². The smallest absolute Gasteiger partial charge is 0.348 e. The normalized spacial score (nSPS) is 17.6. The number of carbonyl (C=O) groups is 5. The molecule has 5 N–H and O–H groups in total. The Morgan fingerprint density at radius 2 is 1.36 bits per heavy atom. The number of hydrogen-bond acceptors (Lipinski definition) is 11. The number of ether oxygens (including phenoxy) is 1. The van der Waals surface area contributed by atoms with Crippen molar-refractivity contribution in [3.8, 4) is 28.6 Å². The Morgan fingerprint density at radius 3 is 1.96 bits per heavy atom. The number of aromatic nitrogens is 3. The number of carbonyl (C=O) groups excluding carboxylic acids is 5. The molecular weight excluding hydrogens is 949 g/mol. The van der Waals surface area contributed by atoms with Gasteiger partial charge in [0.15, 0.2) is 17.4 Å². The molecule has 0 spiro atoms. The molecule has 0 radical (unpaired) electrons. The standard InChI is InChI=1S/C60H76N6O9/c1-37(2)28-44(51(67)32-45(30-41-16-12-9-13-17-41)58(73)62-50(29-38(3)4)55(71)60(7)36-75-60)31-54(70)49(23-20-40-14-10-8-11-15-40)61-57(72)43-24-26-65(27-25-43)35-42-18-21-46(22-19-42)66-56(63-64-59(66)74)48-33-47(39(5)6)52(68)34-53(48)69/h8-19,21-22,33-34,37-39,43-45,49-50,68-69H,20,23-32,35-36H2,1-7H3,(H,61,72)(H,62,73)(H,64,74)/t44-,45-,49+,50+,60-/m1/s1. The van der Waals surface area contributed by atoms with Crippen molar-refractivity contribution in [2.24, 2.45) is 29.6 Å². The van der Waals surface area contributed by atoms with Crippen LogP contribution in [0.15, 0.2) is 102 Å². The number of phenolic OH excluding ortho intramolecular Hbond substituents is 2. The summed E-state index contributed by atoms with van der Waals surface area (Å²) in [6, 6.07) is 28.1. The number of nitrogens with one attached hydrogen (secondary N) is 3. The zero-order valence-corrected chi connectivity index (χ0v) is 44.6. The molecule has 2 fully saturated rings. The molecule has 0 saturated carbocycles. The van der Waals surface area contributed by atoms with Crippen molar-refractivity contribution in [2.75, 3.05) is 19.7 Å². The number of amides is 2. The van der Waals surface area contributed by atoms with Crippen LogP contribution < -0.4 is 16.3 Å². The summed E-state index contributed by atoms with van der Waals surface area (Å²) in [7, 11) is 0. The van der Waals surface area contributed by atoms with Crippen molar-refractivity contribution in [2.45, 2.75) is 136 Å². The summed E-state index contributed by atoms with van der Waals surface area (Å²) in [5, 5.41) is 34.0. The van der Waals surface area contributed by atoms with Gasteiger partial charge < -0.3 is 25.6 Å². The van der Waals surface area contributed by atoms with Gasteiger partial charge in [-0.15, -0.1) is 0 Å². The third-order valence-electron chi connectivity index (χ3n) is 14.7. The second kappa shape index (κ2) is 25.2. The van der Waals surface area contributed by atoms with Gasteiger partial charge in [0.2, 0.25) is 11.8 Å². The molecule has 0 aliphatic carbocycles. The molecule has 15 heteroatoms. The van der Waals surface area contributed by atoms with Gasteiger partial charge in [-0.2, -0.15) is 5.10 Å². The van der Waals surface area contributed by atoms with E-state index >= 15 is 0 Å². The second-order valence-electron chi connectivity index (χ2n) is 22.2. The molecule has 2 amide bonds. The van der Waals surface area contributed by atoms with Gasteiger partial charge in [-0.3, -0.25) is 28.9 Å². The number of Topliss-reactive ketones (excluding diaryl/α,β-unsaturated/α-hetero) is 3. The van der Waals surface area contributed by atoms with Crippen molar-refractivity contribution < 1.29 is 38.9 Å². The average molecular weight is 1030 g/mol. The Kier molecular flexibility index (Phi) is 18.8. The number of aromatic hydroxyl groups is 2. The van der Waals surface area contributed by atoms with Crippen LogP contribution in [0.3, 0.4) is 0 Å². The number of ketones is 3. The molecule has 2 saturated heterocycles. The molecule has 1 aromatic heterocycles. The van der Waals surface area contributed by atoms with Crippen LogP contribution in [0.2, 0.25) is 0 Å². The van der Waals surface area contributed by atoms with Crippen LogP contribution in [0.1, 0.15) is 122 Å². The van der Waals surface area contributed by atoms with Crippen LogP contribution in [0.4, 0.5) is 0 Å². The topological polar surface area (TPSA) is 216 Å². The minimum Gasteiger partial charge on any atom is -0.508 e. The highest BCUT2D eigenvalue weighted by molar-refractivity contribution is 5.98. The molecule has 3 heterocycles. The van der Waals surface area contributed by atoms with Crippen molar-refractivity contribution in [3.05, 3.63) is 130 Å². The number of H-pyrrole nitrogens is 1. The molecular formula is C60H76N6O9. The molecule has 5 atom stereocenters. The van der Waals surface area contributed by atoms with Crippen LogP contribution >= 0.6 is 0 Å². The fourth-order valence-corrected chi connectivity index (χ4v) is 10.3. The fraction of sp³-hybridized carbons (Fsp3) is 0.483. The van der Waals surface area contributed by atoms with E-state index in [4.69, 9.17) is 4.74 Å². The lowest BCUT2D eigenvalue weighted by Gasteiger charge is -2.32. The Hall–Kier alpha value is -6.71. The van der Waals surface area contributed by atoms with Crippen molar-refractivity contribution >= 4 is 29.2 Å². The van der Waals surface area contributed by atoms with E-state index in [-0.39, 0.29) is 89.4 Å². The van der Waals surface area contributed by atoms with E-state index in [0.29, 0.717) is 81.6 Å². The van der Waals surface area contributed by atoms with E-state index in [1.54, 1.807) is 13.0 Å². The Morgan fingerprint density at radius 1 is 0.747 bits per heavy atom. The molecule has 75 heavy (non-hydrogen) atoms. The number of epoxide rings is 1. The highest BCUT2D eigenvalue weighted by Crippen LogP contribution is 2.38. The van der Waals surface area contributed by atoms with Crippen molar-refractivity contribution in [1.29, 1.82) is 0 Å². The van der Waals surface area contributed by atoms with Gasteiger partial charge in [-0.05, 0) is 123 Å². The van der Waals surface area contributed by atoms with Gasteiger partial charge in [0.05, 0.1) is 29.9 Å². The third-order valence-corrected chi connectivity index (χ3v) is 14.7. The Balaban J connectivity index is 1.00. The summed E-state index contributed by atoms with van der Waals surface area (Å²) in [6.07, 6.45) is 3.04. The number of likely N-dealkylation sites (tertiary alicyclic amines) is 1. The van der Waals surface area contributed by atoms with Gasteiger partial charge in [0.25, 0.3) is 0 Å². The first-order chi connectivity index (χ1) is 35.8. The largest absolute Gasteiger partial charge is 0.508 e. The lowest BCUT2D eigenvalue weighted by molar-refractivity contribution is -0.136. The number of rotatable bonds is 26. The first kappa shape index (κ1) is 56.0. The summed E-state index contributed by atoms with van der Waals surface area (Å²) in [5.74, 6) is -2.81. The quantitative estimate of drug-likeness (QED) is 0.0331. The van der Waals surface area contributed by atoms with E-state index in [0.717, 1.165) is 16.7 Å². The lowest BCUT2D eigenvalue weighted by Crippen LogP contribution is -2.49. The number of aryl methyl sites for hydroxylation is 1. The summed E-state index contributed by atoms with van der Waals surface area (Å²) in [6.45, 7) is 15.8. The van der Waals surface area contributed by atoms with Crippen LogP contribution in [0, 0.1) is 29.6 Å². The summed E-state index contributed by atoms with van der Waals surface area (Å²) < 4.78 is 6.86. The van der Waals surface area contributed by atoms with E-state index in [1.807, 2.05) is 126 Å². The number of benzene rings is 4. The molecule has 4 aromatic carbocycles. The highest BCUT2D eigenvalue weighted by atomic mass is 16.6. The first-order valence-electron chi connectivity index (χ1n) is 26.8. The Bertz CT molecular complexity index is 2810. The predicted octanol–water partition coefficient (Wildman–Crippen LogP) is 8.42. The molecule has 15 nitrogen and oxygen atoms in total. The summed E-state index contributed by atoms with van der Waals surface area (Å²) in [5.41, 5.74) is 2.98. The molecule has 5 aromatic rings. The van der Waals surface area contributed by atoms with E-state index in [2.05, 4.69) is 25.7 Å². The number of hydrogen-bond donors (Lipinski definition) is 5. The zero-order chi connectivity index (χ0) is 54.0. The van der Waals surface area contributed by atoms with Gasteiger partial charge >= 0.3 is 5.69 Å². The van der Waals surface area contributed by atoms with Gasteiger partial charge in [0.1, 0.15) is 22.9 Å². The van der Waals surface area contributed by atoms with Crippen LogP contribution in [-0.4, -0.2) is 96.4 Å². The molecule has 0 bridgehead atoms. The molecule has 0 unspecified atom stereocenters. The predicted molar refractivity (Wildman–Crippen MR) is 288 cm³/mol. The maximum atomic E-state index is 14.6. The Labute approximate surface area is 440 Å². The van der Waals surface area contributed by atoms with Crippen molar-refractivity contribution in [1.82, 2.24) is 30.3 Å². The maximum absolute atomic E-state index is 14.6. The minimum absolute atomic E-state index is 0.0365. The lowest BCUT2D eigenvalue weighted by atomic mass is 9.81. The zero-order valence-electron chi connectivity index (χ0n) is 44.6. The number of aromatic amines is 1. The highest BCUT2D eigenvalue weighted by Gasteiger charge is 2.50. The second-order valence-corrected chi connectivity index (χ2v) is 22.2. The fourth-order valence-electron chi connectivity index (χ4n) is 10.3. The SMILES string of the molecule is CC(C)C[C@H](CC(=O)[C@H](CCc1ccccc1)NC(=O)C1CCN(Cc2ccc(-n3c(-c4cc(C(C)C)c(O)cc4O)n[nH]c3=O)cc2)CC1)C(=O)C[C@@H](Cc1ccccc1)C(=O)N[C@@H](CC(C)C)C(=O)[C@@]1(C)CO1. The first-order valence-corrected chi connectivity index (χ1v) is 26.8. The number of nitrogens with zero attached hydrogens (tertiary/aromatic N) is 3.